The number of nitrogens with one attached hydrogen (secondary N) is 1. The summed E-state index contributed by atoms with van der Waals surface area (Å²) in [5.41, 5.74) is 2.67. The molecule has 0 aromatic heterocycles. The molecule has 1 unspecified atom stereocenters. The smallest absolute Gasteiger partial charge is 0.119 e. The molecule has 3 rings (SSSR count). The molecule has 1 heterocycles. The van der Waals surface area contributed by atoms with Crippen LogP contribution in [0.2, 0.25) is 0 Å². The zero-order chi connectivity index (χ0) is 13.6. The summed E-state index contributed by atoms with van der Waals surface area (Å²) in [5, 5.41) is 3.37. The molecule has 1 N–H and O–H groups in total. The zero-order valence-corrected chi connectivity index (χ0v) is 11.7. The molecule has 1 aliphatic heterocycles. The first-order chi connectivity index (χ1) is 9.90. The summed E-state index contributed by atoms with van der Waals surface area (Å²) < 4.78 is 5.86. The van der Waals surface area contributed by atoms with Gasteiger partial charge in [-0.25, -0.2) is 0 Å². The van der Waals surface area contributed by atoms with Crippen LogP contribution in [0.25, 0.3) is 0 Å². The number of hydrogen-bond donors (Lipinski definition) is 1. The van der Waals surface area contributed by atoms with E-state index in [2.05, 4.69) is 59.9 Å². The molecule has 0 amide bonds. The normalized spacial score (nSPS) is 18.1. The highest BCUT2D eigenvalue weighted by Crippen LogP contribution is 2.17. The van der Waals surface area contributed by atoms with Gasteiger partial charge in [0, 0.05) is 12.5 Å². The fourth-order valence-electron chi connectivity index (χ4n) is 2.61. The van der Waals surface area contributed by atoms with Gasteiger partial charge < -0.3 is 10.1 Å². The quantitative estimate of drug-likeness (QED) is 0.897. The zero-order valence-electron chi connectivity index (χ0n) is 11.7. The minimum absolute atomic E-state index is 0.666. The molecule has 0 aliphatic carbocycles. The molecule has 2 aromatic carbocycles. The van der Waals surface area contributed by atoms with Crippen LogP contribution in [0.3, 0.4) is 0 Å². The SMILES string of the molecule is c1ccc(Cc2ccc(OCC3CCNC3)cc2)cc1. The Kier molecular flexibility index (Phi) is 4.34. The van der Waals surface area contributed by atoms with Crippen LogP contribution >= 0.6 is 0 Å². The fourth-order valence-corrected chi connectivity index (χ4v) is 2.61. The summed E-state index contributed by atoms with van der Waals surface area (Å²) in [6.45, 7) is 3.04. The predicted molar refractivity (Wildman–Crippen MR) is 82.2 cm³/mol. The van der Waals surface area contributed by atoms with Crippen LogP contribution in [0, 0.1) is 5.92 Å². The average Bonchev–Trinajstić information content (AvgIpc) is 3.01. The lowest BCUT2D eigenvalue weighted by Gasteiger charge is -2.11. The molecule has 0 spiro atoms. The molecular formula is C18H21NO. The van der Waals surface area contributed by atoms with Gasteiger partial charge in [0.25, 0.3) is 0 Å². The van der Waals surface area contributed by atoms with Crippen LogP contribution in [0.15, 0.2) is 54.6 Å². The van der Waals surface area contributed by atoms with E-state index in [0.29, 0.717) is 5.92 Å². The lowest BCUT2D eigenvalue weighted by atomic mass is 10.1. The van der Waals surface area contributed by atoms with Gasteiger partial charge in [0.1, 0.15) is 5.75 Å². The van der Waals surface area contributed by atoms with E-state index in [1.807, 2.05) is 0 Å². The maximum Gasteiger partial charge on any atom is 0.119 e. The first-order valence-corrected chi connectivity index (χ1v) is 7.36. The molecule has 0 bridgehead atoms. The van der Waals surface area contributed by atoms with Gasteiger partial charge >= 0.3 is 0 Å². The molecule has 2 heteroatoms. The highest BCUT2D eigenvalue weighted by atomic mass is 16.5. The van der Waals surface area contributed by atoms with Gasteiger partial charge in [-0.05, 0) is 42.6 Å². The van der Waals surface area contributed by atoms with E-state index in [1.54, 1.807) is 0 Å². The molecular weight excluding hydrogens is 246 g/mol. The van der Waals surface area contributed by atoms with Crippen molar-refractivity contribution < 1.29 is 4.74 Å². The summed E-state index contributed by atoms with van der Waals surface area (Å²) in [7, 11) is 0. The second-order valence-electron chi connectivity index (χ2n) is 5.48. The Morgan fingerprint density at radius 2 is 1.70 bits per heavy atom. The first-order valence-electron chi connectivity index (χ1n) is 7.36. The molecule has 2 aromatic rings. The third kappa shape index (κ3) is 3.61. The minimum atomic E-state index is 0.666. The second-order valence-corrected chi connectivity index (χ2v) is 5.48. The highest BCUT2D eigenvalue weighted by Gasteiger charge is 2.14. The lowest BCUT2D eigenvalue weighted by Crippen LogP contribution is -2.15. The molecule has 20 heavy (non-hydrogen) atoms. The summed E-state index contributed by atoms with van der Waals surface area (Å²) in [6, 6.07) is 19.0. The summed E-state index contributed by atoms with van der Waals surface area (Å²) in [5.74, 6) is 1.65. The van der Waals surface area contributed by atoms with Crippen molar-refractivity contribution in [1.29, 1.82) is 0 Å². The monoisotopic (exact) mass is 267 g/mol. The van der Waals surface area contributed by atoms with Crippen molar-refractivity contribution in [2.45, 2.75) is 12.8 Å². The van der Waals surface area contributed by atoms with Crippen molar-refractivity contribution in [3.05, 3.63) is 65.7 Å². The Morgan fingerprint density at radius 3 is 2.40 bits per heavy atom. The number of hydrogen-bond acceptors (Lipinski definition) is 2. The van der Waals surface area contributed by atoms with E-state index in [0.717, 1.165) is 31.9 Å². The Bertz CT molecular complexity index is 515. The van der Waals surface area contributed by atoms with E-state index < -0.39 is 0 Å². The topological polar surface area (TPSA) is 21.3 Å². The lowest BCUT2D eigenvalue weighted by molar-refractivity contribution is 0.260. The van der Waals surface area contributed by atoms with Gasteiger partial charge in [-0.15, -0.1) is 0 Å². The molecule has 2 nitrogen and oxygen atoms in total. The Morgan fingerprint density at radius 1 is 0.950 bits per heavy atom. The minimum Gasteiger partial charge on any atom is -0.493 e. The van der Waals surface area contributed by atoms with Crippen LogP contribution in [0.1, 0.15) is 17.5 Å². The number of ether oxygens (including phenoxy) is 1. The van der Waals surface area contributed by atoms with Crippen molar-refractivity contribution >= 4 is 0 Å². The molecule has 1 fully saturated rings. The molecule has 1 saturated heterocycles. The summed E-state index contributed by atoms with van der Waals surface area (Å²) in [6.07, 6.45) is 2.21. The number of rotatable bonds is 5. The van der Waals surface area contributed by atoms with Crippen LogP contribution in [0.4, 0.5) is 0 Å². The largest absolute Gasteiger partial charge is 0.493 e. The van der Waals surface area contributed by atoms with Crippen molar-refractivity contribution in [2.75, 3.05) is 19.7 Å². The molecule has 1 atom stereocenters. The van der Waals surface area contributed by atoms with Gasteiger partial charge in [-0.1, -0.05) is 42.5 Å². The van der Waals surface area contributed by atoms with Gasteiger partial charge in [-0.3, -0.25) is 0 Å². The maximum atomic E-state index is 5.86. The molecule has 0 saturated carbocycles. The standard InChI is InChI=1S/C18H21NO/c1-2-4-15(5-3-1)12-16-6-8-18(9-7-16)20-14-17-10-11-19-13-17/h1-9,17,19H,10-14H2. The van der Waals surface area contributed by atoms with Crippen LogP contribution in [-0.4, -0.2) is 19.7 Å². The average molecular weight is 267 g/mol. The van der Waals surface area contributed by atoms with Crippen LogP contribution < -0.4 is 10.1 Å². The Labute approximate surface area is 120 Å². The van der Waals surface area contributed by atoms with Crippen molar-refractivity contribution in [1.82, 2.24) is 5.32 Å². The van der Waals surface area contributed by atoms with E-state index in [4.69, 9.17) is 4.74 Å². The van der Waals surface area contributed by atoms with E-state index >= 15 is 0 Å². The second kappa shape index (κ2) is 6.58. The highest BCUT2D eigenvalue weighted by molar-refractivity contribution is 5.31. The Balaban J connectivity index is 1.54. The van der Waals surface area contributed by atoms with E-state index in [-0.39, 0.29) is 0 Å². The van der Waals surface area contributed by atoms with E-state index in [9.17, 15) is 0 Å². The van der Waals surface area contributed by atoms with E-state index in [1.165, 1.54) is 17.5 Å². The number of benzene rings is 2. The molecule has 0 radical (unpaired) electrons. The van der Waals surface area contributed by atoms with Gasteiger partial charge in [0.2, 0.25) is 0 Å². The fraction of sp³-hybridized carbons (Fsp3) is 0.333. The third-order valence-electron chi connectivity index (χ3n) is 3.82. The molecule has 1 aliphatic rings. The van der Waals surface area contributed by atoms with Gasteiger partial charge in [0.05, 0.1) is 6.61 Å². The van der Waals surface area contributed by atoms with Crippen molar-refractivity contribution in [3.63, 3.8) is 0 Å². The molecule has 104 valence electrons. The third-order valence-corrected chi connectivity index (χ3v) is 3.82. The van der Waals surface area contributed by atoms with Gasteiger partial charge in [0.15, 0.2) is 0 Å². The summed E-state index contributed by atoms with van der Waals surface area (Å²) in [4.78, 5) is 0. The van der Waals surface area contributed by atoms with Crippen LogP contribution in [-0.2, 0) is 6.42 Å². The first kappa shape index (κ1) is 13.2. The predicted octanol–water partition coefficient (Wildman–Crippen LogP) is 3.27. The summed E-state index contributed by atoms with van der Waals surface area (Å²) >= 11 is 0. The van der Waals surface area contributed by atoms with Crippen molar-refractivity contribution in [3.8, 4) is 5.75 Å². The Hall–Kier alpha value is -1.80. The van der Waals surface area contributed by atoms with Crippen molar-refractivity contribution in [2.24, 2.45) is 5.92 Å². The maximum absolute atomic E-state index is 5.86. The van der Waals surface area contributed by atoms with Crippen LogP contribution in [0.5, 0.6) is 5.75 Å². The van der Waals surface area contributed by atoms with Gasteiger partial charge in [-0.2, -0.15) is 0 Å².